The van der Waals surface area contributed by atoms with E-state index in [9.17, 15) is 19.7 Å². The van der Waals surface area contributed by atoms with Crippen molar-refractivity contribution in [3.63, 3.8) is 0 Å². The molecule has 1 amide bonds. The lowest BCUT2D eigenvalue weighted by Gasteiger charge is -2.08. The minimum absolute atomic E-state index is 0.0970. The standard InChI is InChI=1S/C10H6Cl2N2O2.C6H11NO3S/c11-8-3-1-2-6(10(8)14(15)16)7-4-13-5-9(7)12;1-11-3-2-5(6(9)10)7-4-8/h1-5,13H;4-5H,2-3H2,1H3,(H,7,8)(H,9,10). The highest BCUT2D eigenvalue weighted by Crippen LogP contribution is 2.38. The number of nitrogens with one attached hydrogen (secondary N) is 2. The first-order chi connectivity index (χ1) is 12.8. The fraction of sp³-hybridized carbons (Fsp3) is 0.250. The lowest BCUT2D eigenvalue weighted by Crippen LogP contribution is -2.36. The molecule has 2 rings (SSSR count). The Hall–Kier alpha value is -2.23. The molecule has 1 unspecified atom stereocenters. The zero-order valence-electron chi connectivity index (χ0n) is 14.1. The molecule has 1 atom stereocenters. The predicted octanol–water partition coefficient (Wildman–Crippen LogP) is 3.84. The fourth-order valence-electron chi connectivity index (χ4n) is 2.07. The number of carboxylic acid groups (broad SMARTS) is 1. The molecular formula is C16H17Cl2N3O5S. The summed E-state index contributed by atoms with van der Waals surface area (Å²) >= 11 is 13.3. The van der Waals surface area contributed by atoms with Crippen LogP contribution in [0.2, 0.25) is 10.0 Å². The molecule has 1 aromatic carbocycles. The van der Waals surface area contributed by atoms with Gasteiger partial charge in [-0.2, -0.15) is 11.8 Å². The van der Waals surface area contributed by atoms with Crippen molar-refractivity contribution in [3.05, 3.63) is 50.8 Å². The number of rotatable bonds is 8. The van der Waals surface area contributed by atoms with Gasteiger partial charge in [-0.15, -0.1) is 0 Å². The molecule has 0 fully saturated rings. The summed E-state index contributed by atoms with van der Waals surface area (Å²) in [6, 6.07) is 4.00. The minimum Gasteiger partial charge on any atom is -0.480 e. The Morgan fingerprint density at radius 1 is 1.37 bits per heavy atom. The van der Waals surface area contributed by atoms with Crippen LogP contribution >= 0.6 is 35.0 Å². The van der Waals surface area contributed by atoms with Gasteiger partial charge in [0.05, 0.1) is 15.5 Å². The summed E-state index contributed by atoms with van der Waals surface area (Å²) < 4.78 is 0. The molecule has 0 saturated heterocycles. The van der Waals surface area contributed by atoms with Gasteiger partial charge in [-0.05, 0) is 30.6 Å². The van der Waals surface area contributed by atoms with Gasteiger partial charge in [-0.1, -0.05) is 29.3 Å². The zero-order valence-corrected chi connectivity index (χ0v) is 16.5. The number of carbonyl (C=O) groups is 2. The van der Waals surface area contributed by atoms with Gasteiger partial charge in [0.25, 0.3) is 5.69 Å². The van der Waals surface area contributed by atoms with Crippen molar-refractivity contribution in [1.29, 1.82) is 0 Å². The molecule has 1 aromatic heterocycles. The first-order valence-electron chi connectivity index (χ1n) is 7.50. The smallest absolute Gasteiger partial charge is 0.326 e. The number of halogens is 2. The van der Waals surface area contributed by atoms with Crippen molar-refractivity contribution in [3.8, 4) is 11.1 Å². The molecule has 146 valence electrons. The van der Waals surface area contributed by atoms with Gasteiger partial charge < -0.3 is 15.4 Å². The highest BCUT2D eigenvalue weighted by atomic mass is 35.5. The van der Waals surface area contributed by atoms with Crippen molar-refractivity contribution in [2.24, 2.45) is 0 Å². The van der Waals surface area contributed by atoms with Gasteiger partial charge >= 0.3 is 5.97 Å². The zero-order chi connectivity index (χ0) is 20.4. The van der Waals surface area contributed by atoms with E-state index in [2.05, 4.69) is 10.3 Å². The number of aliphatic carboxylic acids is 1. The predicted molar refractivity (Wildman–Crippen MR) is 107 cm³/mol. The fourth-order valence-corrected chi connectivity index (χ4v) is 3.00. The summed E-state index contributed by atoms with van der Waals surface area (Å²) in [7, 11) is 0. The van der Waals surface area contributed by atoms with Crippen molar-refractivity contribution in [2.45, 2.75) is 12.5 Å². The normalized spacial score (nSPS) is 11.1. The quantitative estimate of drug-likeness (QED) is 0.329. The van der Waals surface area contributed by atoms with Crippen molar-refractivity contribution >= 4 is 53.0 Å². The number of benzene rings is 1. The Morgan fingerprint density at radius 3 is 2.56 bits per heavy atom. The summed E-state index contributed by atoms with van der Waals surface area (Å²) in [5, 5.41) is 22.2. The number of para-hydroxylation sites is 1. The van der Waals surface area contributed by atoms with Gasteiger partial charge in [0.15, 0.2) is 0 Å². The lowest BCUT2D eigenvalue weighted by molar-refractivity contribution is -0.384. The molecule has 3 N–H and O–H groups in total. The maximum Gasteiger partial charge on any atom is 0.326 e. The molecule has 0 spiro atoms. The summed E-state index contributed by atoms with van der Waals surface area (Å²) in [5.74, 6) is -0.246. The van der Waals surface area contributed by atoms with Crippen molar-refractivity contribution in [2.75, 3.05) is 12.0 Å². The van der Waals surface area contributed by atoms with Crippen LogP contribution in [0.4, 0.5) is 5.69 Å². The van der Waals surface area contributed by atoms with Gasteiger partial charge in [0.1, 0.15) is 11.1 Å². The number of carbonyl (C=O) groups excluding carboxylic acids is 1. The third-order valence-electron chi connectivity index (χ3n) is 3.33. The van der Waals surface area contributed by atoms with E-state index in [-0.39, 0.29) is 10.7 Å². The maximum absolute atomic E-state index is 10.9. The number of carboxylic acids is 1. The molecule has 2 aromatic rings. The van der Waals surface area contributed by atoms with E-state index < -0.39 is 16.9 Å². The van der Waals surface area contributed by atoms with Crippen molar-refractivity contribution in [1.82, 2.24) is 10.3 Å². The van der Waals surface area contributed by atoms with Crippen LogP contribution in [0.5, 0.6) is 0 Å². The summed E-state index contributed by atoms with van der Waals surface area (Å²) in [6.07, 6.45) is 5.93. The van der Waals surface area contributed by atoms with Gasteiger partial charge in [0, 0.05) is 18.0 Å². The summed E-state index contributed by atoms with van der Waals surface area (Å²) in [4.78, 5) is 33.5. The van der Waals surface area contributed by atoms with E-state index in [1.807, 2.05) is 6.26 Å². The third-order valence-corrected chi connectivity index (χ3v) is 4.59. The highest BCUT2D eigenvalue weighted by Gasteiger charge is 2.21. The average Bonchev–Trinajstić information content (AvgIpc) is 3.04. The second kappa shape index (κ2) is 11.5. The molecule has 0 radical (unpaired) electrons. The molecule has 0 saturated carbocycles. The number of nitro benzene ring substituents is 1. The number of nitrogens with zero attached hydrogens (tertiary/aromatic N) is 1. The average molecular weight is 434 g/mol. The third kappa shape index (κ3) is 6.78. The monoisotopic (exact) mass is 433 g/mol. The number of hydrogen-bond donors (Lipinski definition) is 3. The first kappa shape index (κ1) is 22.8. The number of aromatic nitrogens is 1. The van der Waals surface area contributed by atoms with Crippen LogP contribution in [-0.4, -0.2) is 45.4 Å². The number of amides is 1. The Morgan fingerprint density at radius 2 is 2.07 bits per heavy atom. The van der Waals surface area contributed by atoms with Gasteiger partial charge in [-0.3, -0.25) is 14.9 Å². The van der Waals surface area contributed by atoms with Crippen LogP contribution < -0.4 is 5.32 Å². The number of H-pyrrole nitrogens is 1. The van der Waals surface area contributed by atoms with Crippen LogP contribution in [-0.2, 0) is 9.59 Å². The molecular weight excluding hydrogens is 417 g/mol. The van der Waals surface area contributed by atoms with E-state index >= 15 is 0 Å². The van der Waals surface area contributed by atoms with Crippen LogP contribution in [0, 0.1) is 10.1 Å². The molecule has 0 aliphatic carbocycles. The second-order valence-electron chi connectivity index (χ2n) is 5.07. The van der Waals surface area contributed by atoms with Crippen LogP contribution in [0.1, 0.15) is 6.42 Å². The second-order valence-corrected chi connectivity index (χ2v) is 6.87. The Kier molecular flexibility index (Phi) is 9.70. The van der Waals surface area contributed by atoms with E-state index in [1.165, 1.54) is 6.07 Å². The Labute approximate surface area is 169 Å². The molecule has 8 nitrogen and oxygen atoms in total. The number of hydrogen-bond acceptors (Lipinski definition) is 5. The largest absolute Gasteiger partial charge is 0.480 e. The Bertz CT molecular complexity index is 800. The molecule has 1 heterocycles. The SMILES string of the molecule is CSCCC(NC=O)C(=O)O.O=[N+]([O-])c1c(Cl)cccc1-c1c[nH]cc1Cl. The topological polar surface area (TPSA) is 125 Å². The first-order valence-corrected chi connectivity index (χ1v) is 9.65. The number of thioether (sulfide) groups is 1. The highest BCUT2D eigenvalue weighted by molar-refractivity contribution is 7.98. The minimum atomic E-state index is -0.980. The molecule has 11 heteroatoms. The van der Waals surface area contributed by atoms with E-state index in [4.69, 9.17) is 28.3 Å². The molecule has 27 heavy (non-hydrogen) atoms. The van der Waals surface area contributed by atoms with Crippen molar-refractivity contribution < 1.29 is 19.6 Å². The van der Waals surface area contributed by atoms with Gasteiger partial charge in [-0.25, -0.2) is 4.79 Å². The van der Waals surface area contributed by atoms with Crippen LogP contribution in [0.15, 0.2) is 30.6 Å². The molecule has 0 bridgehead atoms. The van der Waals surface area contributed by atoms with Crippen LogP contribution in [0.3, 0.4) is 0 Å². The summed E-state index contributed by atoms with van der Waals surface area (Å²) in [6.45, 7) is 0. The van der Waals surface area contributed by atoms with E-state index in [0.717, 1.165) is 5.75 Å². The summed E-state index contributed by atoms with van der Waals surface area (Å²) in [5.41, 5.74) is 0.838. The van der Waals surface area contributed by atoms with Crippen LogP contribution in [0.25, 0.3) is 11.1 Å². The number of aromatic amines is 1. The Balaban J connectivity index is 0.000000293. The number of nitro groups is 1. The maximum atomic E-state index is 10.9. The molecule has 0 aliphatic rings. The molecule has 0 aliphatic heterocycles. The van der Waals surface area contributed by atoms with E-state index in [0.29, 0.717) is 29.0 Å². The van der Waals surface area contributed by atoms with Gasteiger partial charge in [0.2, 0.25) is 6.41 Å². The lowest BCUT2D eigenvalue weighted by atomic mass is 10.1. The van der Waals surface area contributed by atoms with E-state index in [1.54, 1.807) is 36.3 Å².